The Bertz CT molecular complexity index is 1590. The average Bonchev–Trinajstić information content (AvgIpc) is 3.44. The minimum Gasteiger partial charge on any atom is -0.304 e. The molecule has 0 aliphatic rings. The molecule has 0 spiro atoms. The predicted molar refractivity (Wildman–Crippen MR) is 137 cm³/mol. The number of alkyl halides is 2. The van der Waals surface area contributed by atoms with E-state index in [1.165, 1.54) is 12.3 Å². The molecule has 0 bridgehead atoms. The molecule has 0 saturated carbocycles. The van der Waals surface area contributed by atoms with Crippen molar-refractivity contribution < 1.29 is 13.6 Å². The molecule has 3 heterocycles. The molecule has 12 heteroatoms. The highest BCUT2D eigenvalue weighted by Gasteiger charge is 2.22. The Labute approximate surface area is 221 Å². The van der Waals surface area contributed by atoms with Gasteiger partial charge in [-0.2, -0.15) is 10.2 Å². The van der Waals surface area contributed by atoms with E-state index in [-0.39, 0.29) is 22.7 Å². The molecule has 3 aromatic heterocycles. The van der Waals surface area contributed by atoms with Crippen molar-refractivity contribution in [2.24, 2.45) is 0 Å². The van der Waals surface area contributed by atoms with Crippen molar-refractivity contribution in [3.8, 4) is 11.3 Å². The fourth-order valence-electron chi connectivity index (χ4n) is 3.62. The maximum absolute atomic E-state index is 13.8. The highest BCUT2D eigenvalue weighted by Crippen LogP contribution is 2.28. The minimum atomic E-state index is -2.82. The molecule has 1 N–H and O–H groups in total. The van der Waals surface area contributed by atoms with E-state index < -0.39 is 12.3 Å². The van der Waals surface area contributed by atoms with Crippen molar-refractivity contribution >= 4 is 56.5 Å². The van der Waals surface area contributed by atoms with Crippen molar-refractivity contribution in [2.45, 2.75) is 13.0 Å². The molecular formula is C24H15BrCl2F2N6O. The molecule has 5 rings (SSSR count). The molecule has 1 amide bonds. The van der Waals surface area contributed by atoms with Crippen LogP contribution in [-0.2, 0) is 6.54 Å². The van der Waals surface area contributed by atoms with Gasteiger partial charge in [0.1, 0.15) is 11.3 Å². The lowest BCUT2D eigenvalue weighted by Crippen LogP contribution is -2.14. The van der Waals surface area contributed by atoms with Gasteiger partial charge < -0.3 is 5.32 Å². The maximum atomic E-state index is 13.8. The Hall–Kier alpha value is -3.34. The quantitative estimate of drug-likeness (QED) is 0.233. The number of rotatable bonds is 6. The van der Waals surface area contributed by atoms with Crippen LogP contribution in [0.25, 0.3) is 16.9 Å². The lowest BCUT2D eigenvalue weighted by atomic mass is 10.1. The second-order valence-electron chi connectivity index (χ2n) is 7.75. The third-order valence-electron chi connectivity index (χ3n) is 5.31. The van der Waals surface area contributed by atoms with Gasteiger partial charge in [0.15, 0.2) is 11.5 Å². The Kier molecular flexibility index (Phi) is 6.74. The van der Waals surface area contributed by atoms with Crippen molar-refractivity contribution in [3.63, 3.8) is 0 Å². The van der Waals surface area contributed by atoms with Gasteiger partial charge in [-0.3, -0.25) is 9.48 Å². The molecule has 0 aliphatic heterocycles. The zero-order valence-corrected chi connectivity index (χ0v) is 21.3. The average molecular weight is 592 g/mol. The number of hydrogen-bond donors (Lipinski definition) is 1. The Balaban J connectivity index is 1.45. The second kappa shape index (κ2) is 9.96. The van der Waals surface area contributed by atoms with Crippen LogP contribution in [0.3, 0.4) is 0 Å². The van der Waals surface area contributed by atoms with E-state index in [9.17, 15) is 13.6 Å². The second-order valence-corrected chi connectivity index (χ2v) is 9.42. The molecule has 0 saturated heterocycles. The third kappa shape index (κ3) is 4.84. The van der Waals surface area contributed by atoms with Gasteiger partial charge in [0.25, 0.3) is 12.3 Å². The summed E-state index contributed by atoms with van der Waals surface area (Å²) in [5.74, 6) is -0.351. The van der Waals surface area contributed by atoms with Crippen LogP contribution >= 0.6 is 39.1 Å². The summed E-state index contributed by atoms with van der Waals surface area (Å²) in [6.45, 7) is 0.377. The summed E-state index contributed by atoms with van der Waals surface area (Å²) in [6.07, 6.45) is 0.0772. The third-order valence-corrected chi connectivity index (χ3v) is 6.63. The number of halogens is 5. The largest absolute Gasteiger partial charge is 0.304 e. The summed E-state index contributed by atoms with van der Waals surface area (Å²) in [6, 6.07) is 15.4. The summed E-state index contributed by atoms with van der Waals surface area (Å²) in [4.78, 5) is 17.6. The van der Waals surface area contributed by atoms with Crippen LogP contribution in [0.5, 0.6) is 0 Å². The van der Waals surface area contributed by atoms with E-state index in [4.69, 9.17) is 23.2 Å². The number of fused-ring (bicyclic) bond motifs is 1. The molecule has 0 fully saturated rings. The van der Waals surface area contributed by atoms with Crippen LogP contribution in [0.4, 0.5) is 14.6 Å². The summed E-state index contributed by atoms with van der Waals surface area (Å²) in [7, 11) is 0. The van der Waals surface area contributed by atoms with E-state index in [1.54, 1.807) is 47.3 Å². The van der Waals surface area contributed by atoms with Gasteiger partial charge in [0, 0.05) is 11.8 Å². The van der Waals surface area contributed by atoms with Crippen LogP contribution < -0.4 is 5.32 Å². The predicted octanol–water partition coefficient (Wildman–Crippen LogP) is 6.90. The van der Waals surface area contributed by atoms with Gasteiger partial charge in [-0.05, 0) is 39.7 Å². The van der Waals surface area contributed by atoms with Gasteiger partial charge >= 0.3 is 0 Å². The fourth-order valence-corrected chi connectivity index (χ4v) is 4.36. The highest BCUT2D eigenvalue weighted by atomic mass is 79.9. The molecule has 36 heavy (non-hydrogen) atoms. The van der Waals surface area contributed by atoms with Gasteiger partial charge in [0.05, 0.1) is 33.0 Å². The number of hydrogen-bond acceptors (Lipinski definition) is 4. The van der Waals surface area contributed by atoms with Crippen molar-refractivity contribution in [1.82, 2.24) is 24.4 Å². The molecule has 5 aromatic rings. The molecule has 182 valence electrons. The number of nitrogens with zero attached hydrogens (tertiary/aromatic N) is 5. The van der Waals surface area contributed by atoms with Crippen LogP contribution in [0.15, 0.2) is 71.5 Å². The molecule has 0 aliphatic carbocycles. The monoisotopic (exact) mass is 590 g/mol. The van der Waals surface area contributed by atoms with Gasteiger partial charge in [-0.15, -0.1) is 0 Å². The molecule has 0 radical (unpaired) electrons. The summed E-state index contributed by atoms with van der Waals surface area (Å²) >= 11 is 15.4. The topological polar surface area (TPSA) is 77.1 Å². The van der Waals surface area contributed by atoms with Crippen molar-refractivity contribution in [1.29, 1.82) is 0 Å². The Morgan fingerprint density at radius 2 is 1.86 bits per heavy atom. The molecular weight excluding hydrogens is 577 g/mol. The van der Waals surface area contributed by atoms with Gasteiger partial charge in [-0.25, -0.2) is 18.3 Å². The SMILES string of the molecule is O=C(Nc1nn(Cc2ccc(Cl)c(Cl)c2)cc1Br)c1cnn2c(C(F)F)cc(-c3ccccc3)nc12. The lowest BCUT2D eigenvalue weighted by molar-refractivity contribution is 0.102. The Morgan fingerprint density at radius 3 is 2.58 bits per heavy atom. The highest BCUT2D eigenvalue weighted by molar-refractivity contribution is 9.10. The standard InChI is InChI=1S/C24H15BrCl2F2N6O/c25-16-12-34(11-13-6-7-17(26)18(27)8-13)33-22(16)32-24(36)15-10-30-35-20(21(28)29)9-19(31-23(15)35)14-4-2-1-3-5-14/h1-10,12,21H,11H2,(H,32,33,36). The normalized spacial score (nSPS) is 11.4. The smallest absolute Gasteiger partial charge is 0.280 e. The fraction of sp³-hybridized carbons (Fsp3) is 0.0833. The molecule has 2 aromatic carbocycles. The number of aromatic nitrogens is 5. The van der Waals surface area contributed by atoms with E-state index in [0.29, 0.717) is 32.3 Å². The number of carbonyl (C=O) groups is 1. The Morgan fingerprint density at radius 1 is 1.08 bits per heavy atom. The van der Waals surface area contributed by atoms with Crippen LogP contribution in [0, 0.1) is 0 Å². The van der Waals surface area contributed by atoms with E-state index in [1.807, 2.05) is 12.1 Å². The number of nitrogens with one attached hydrogen (secondary N) is 1. The van der Waals surface area contributed by atoms with Crippen molar-refractivity contribution in [3.05, 3.63) is 98.3 Å². The summed E-state index contributed by atoms with van der Waals surface area (Å²) in [5, 5.41) is 11.9. The van der Waals surface area contributed by atoms with Crippen LogP contribution in [-0.4, -0.2) is 30.3 Å². The van der Waals surface area contributed by atoms with E-state index in [0.717, 1.165) is 10.1 Å². The first kappa shape index (κ1) is 24.4. The molecule has 0 atom stereocenters. The molecule has 7 nitrogen and oxygen atoms in total. The van der Waals surface area contributed by atoms with Crippen LogP contribution in [0.2, 0.25) is 10.0 Å². The number of amides is 1. The summed E-state index contributed by atoms with van der Waals surface area (Å²) in [5.41, 5.74) is 1.47. The van der Waals surface area contributed by atoms with Crippen LogP contribution in [0.1, 0.15) is 28.0 Å². The zero-order valence-electron chi connectivity index (χ0n) is 18.2. The van der Waals surface area contributed by atoms with E-state index in [2.05, 4.69) is 36.4 Å². The molecule has 0 unspecified atom stereocenters. The first-order chi connectivity index (χ1) is 17.3. The van der Waals surface area contributed by atoms with Gasteiger partial charge in [0.2, 0.25) is 0 Å². The number of anilines is 1. The van der Waals surface area contributed by atoms with Gasteiger partial charge in [-0.1, -0.05) is 59.6 Å². The first-order valence-electron chi connectivity index (χ1n) is 10.5. The number of benzene rings is 2. The minimum absolute atomic E-state index is 0.00974. The van der Waals surface area contributed by atoms with Crippen molar-refractivity contribution in [2.75, 3.05) is 5.32 Å². The number of carbonyl (C=O) groups excluding carboxylic acids is 1. The van der Waals surface area contributed by atoms with E-state index >= 15 is 0 Å². The summed E-state index contributed by atoms with van der Waals surface area (Å²) < 4.78 is 30.7. The zero-order chi connectivity index (χ0) is 25.4. The lowest BCUT2D eigenvalue weighted by Gasteiger charge is -2.08. The maximum Gasteiger partial charge on any atom is 0.280 e. The first-order valence-corrected chi connectivity index (χ1v) is 12.1.